The minimum Gasteiger partial charge on any atom is -0.335 e. The molecule has 0 saturated carbocycles. The second-order valence-electron chi connectivity index (χ2n) is 9.05. The lowest BCUT2D eigenvalue weighted by atomic mass is 10.1. The van der Waals surface area contributed by atoms with Gasteiger partial charge in [-0.3, -0.25) is 19.9 Å². The summed E-state index contributed by atoms with van der Waals surface area (Å²) in [7, 11) is 0. The molecule has 9 nitrogen and oxygen atoms in total. The Kier molecular flexibility index (Phi) is 5.45. The third kappa shape index (κ3) is 4.22. The number of imidazole rings is 1. The molecule has 39 heavy (non-hydrogen) atoms. The summed E-state index contributed by atoms with van der Waals surface area (Å²) in [6, 6.07) is 17.1. The molecule has 1 aromatic carbocycles. The number of pyridine rings is 3. The number of carbonyl (C=O) groups is 1. The number of hydrogen-bond donors (Lipinski definition) is 3. The van der Waals surface area contributed by atoms with Gasteiger partial charge in [-0.05, 0) is 43.3 Å². The van der Waals surface area contributed by atoms with Crippen molar-refractivity contribution in [1.29, 1.82) is 0 Å². The molecule has 7 rings (SSSR count). The first-order valence-electron chi connectivity index (χ1n) is 12.2. The summed E-state index contributed by atoms with van der Waals surface area (Å²) in [5.41, 5.74) is 6.77. The predicted octanol–water partition coefficient (Wildman–Crippen LogP) is 6.25. The smallest absolute Gasteiger partial charge is 0.255 e. The monoisotopic (exact) mass is 528 g/mol. The molecule has 0 bridgehead atoms. The number of fused-ring (bicyclic) bond motifs is 2. The summed E-state index contributed by atoms with van der Waals surface area (Å²) >= 11 is 1.71. The van der Waals surface area contributed by atoms with Crippen LogP contribution < -0.4 is 5.32 Å². The molecule has 0 aliphatic heterocycles. The number of anilines is 1. The third-order valence-electron chi connectivity index (χ3n) is 6.41. The Morgan fingerprint density at radius 1 is 0.923 bits per heavy atom. The molecular formula is C29H20N8OS. The van der Waals surface area contributed by atoms with Gasteiger partial charge in [0.25, 0.3) is 5.91 Å². The second-order valence-corrected chi connectivity index (χ2v) is 10.3. The first kappa shape index (κ1) is 22.9. The van der Waals surface area contributed by atoms with Crippen molar-refractivity contribution < 1.29 is 4.79 Å². The molecular weight excluding hydrogens is 508 g/mol. The predicted molar refractivity (Wildman–Crippen MR) is 152 cm³/mol. The number of H-pyrrole nitrogens is 2. The van der Waals surface area contributed by atoms with Crippen LogP contribution in [0.25, 0.3) is 55.2 Å². The van der Waals surface area contributed by atoms with E-state index in [-0.39, 0.29) is 5.91 Å². The summed E-state index contributed by atoms with van der Waals surface area (Å²) < 4.78 is 0. The molecule has 0 fully saturated rings. The highest BCUT2D eigenvalue weighted by molar-refractivity contribution is 7.15. The van der Waals surface area contributed by atoms with E-state index in [4.69, 9.17) is 4.98 Å². The number of nitrogens with one attached hydrogen (secondary N) is 3. The standard InChI is InChI=1S/C29H20N8OS/c1-16-7-8-24(39-16)22-14-31-15-23-25(22)35-28(34-23)26-21-10-19(12-32-27(21)37-36-26)18-9-20(13-30-11-18)33-29(38)17-5-3-2-4-6-17/h2-15H,1H3,(H,33,38)(H,34,35)(H,32,36,37). The van der Waals surface area contributed by atoms with Crippen LogP contribution in [0.3, 0.4) is 0 Å². The van der Waals surface area contributed by atoms with Gasteiger partial charge in [-0.25, -0.2) is 9.97 Å². The van der Waals surface area contributed by atoms with E-state index in [1.165, 1.54) is 4.88 Å². The summed E-state index contributed by atoms with van der Waals surface area (Å²) in [5.74, 6) is 0.427. The van der Waals surface area contributed by atoms with Gasteiger partial charge < -0.3 is 10.3 Å². The Balaban J connectivity index is 1.25. The first-order chi connectivity index (χ1) is 19.1. The van der Waals surface area contributed by atoms with Gasteiger partial charge in [0.15, 0.2) is 11.5 Å². The van der Waals surface area contributed by atoms with Crippen LogP contribution in [0, 0.1) is 6.92 Å². The van der Waals surface area contributed by atoms with Gasteiger partial charge in [0.1, 0.15) is 11.2 Å². The summed E-state index contributed by atoms with van der Waals surface area (Å²) in [6.07, 6.45) is 8.73. The molecule has 7 aromatic rings. The number of aromatic nitrogens is 7. The van der Waals surface area contributed by atoms with Gasteiger partial charge in [0, 0.05) is 50.6 Å². The molecule has 0 aliphatic rings. The molecule has 0 saturated heterocycles. The minimum atomic E-state index is -0.197. The number of thiophene rings is 1. The average molecular weight is 529 g/mol. The number of nitrogens with zero attached hydrogens (tertiary/aromatic N) is 5. The van der Waals surface area contributed by atoms with E-state index in [0.717, 1.165) is 38.0 Å². The normalized spacial score (nSPS) is 11.3. The van der Waals surface area contributed by atoms with E-state index in [0.29, 0.717) is 28.4 Å². The number of aromatic amines is 2. The third-order valence-corrected chi connectivity index (χ3v) is 7.44. The largest absolute Gasteiger partial charge is 0.335 e. The topological polar surface area (TPSA) is 125 Å². The van der Waals surface area contributed by atoms with Gasteiger partial charge in [0.2, 0.25) is 0 Å². The van der Waals surface area contributed by atoms with Gasteiger partial charge in [-0.2, -0.15) is 5.10 Å². The molecule has 3 N–H and O–H groups in total. The van der Waals surface area contributed by atoms with Gasteiger partial charge >= 0.3 is 0 Å². The zero-order chi connectivity index (χ0) is 26.3. The van der Waals surface area contributed by atoms with Gasteiger partial charge in [-0.1, -0.05) is 18.2 Å². The Hall–Kier alpha value is -5.22. The Morgan fingerprint density at radius 3 is 2.62 bits per heavy atom. The van der Waals surface area contributed by atoms with Crippen molar-refractivity contribution in [3.63, 3.8) is 0 Å². The molecule has 10 heteroatoms. The van der Waals surface area contributed by atoms with Crippen LogP contribution in [0.1, 0.15) is 15.2 Å². The fourth-order valence-electron chi connectivity index (χ4n) is 4.51. The number of aryl methyl sites for hydroxylation is 1. The van der Waals surface area contributed by atoms with Crippen LogP contribution in [0.2, 0.25) is 0 Å². The molecule has 1 amide bonds. The molecule has 0 radical (unpaired) electrons. The zero-order valence-corrected chi connectivity index (χ0v) is 21.5. The summed E-state index contributed by atoms with van der Waals surface area (Å²) in [4.78, 5) is 36.6. The molecule has 0 atom stereocenters. The number of carbonyl (C=O) groups excluding carboxylic acids is 1. The van der Waals surface area contributed by atoms with E-state index in [1.807, 2.05) is 36.5 Å². The lowest BCUT2D eigenvalue weighted by molar-refractivity contribution is 0.102. The van der Waals surface area contributed by atoms with Gasteiger partial charge in [-0.15, -0.1) is 11.3 Å². The van der Waals surface area contributed by atoms with Crippen molar-refractivity contribution in [2.45, 2.75) is 6.92 Å². The van der Waals surface area contributed by atoms with Crippen LogP contribution in [0.15, 0.2) is 85.6 Å². The zero-order valence-electron chi connectivity index (χ0n) is 20.6. The minimum absolute atomic E-state index is 0.197. The maximum atomic E-state index is 12.6. The molecule has 6 aromatic heterocycles. The van der Waals surface area contributed by atoms with Crippen LogP contribution in [0.5, 0.6) is 0 Å². The molecule has 6 heterocycles. The molecule has 0 spiro atoms. The molecule has 0 unspecified atom stereocenters. The second kappa shape index (κ2) is 9.26. The molecule has 0 aliphatic carbocycles. The van der Waals surface area contributed by atoms with E-state index in [2.05, 4.69) is 54.5 Å². The van der Waals surface area contributed by atoms with E-state index < -0.39 is 0 Å². The van der Waals surface area contributed by atoms with Crippen molar-refractivity contribution in [3.05, 3.63) is 96.0 Å². The Morgan fingerprint density at radius 2 is 1.77 bits per heavy atom. The maximum Gasteiger partial charge on any atom is 0.255 e. The van der Waals surface area contributed by atoms with Crippen molar-refractivity contribution in [1.82, 2.24) is 35.1 Å². The van der Waals surface area contributed by atoms with Crippen LogP contribution in [0.4, 0.5) is 5.69 Å². The SMILES string of the molecule is Cc1ccc(-c2cncc3[nH]c(-c4n[nH]c5ncc(-c6cncc(NC(=O)c7ccccc7)c6)cc45)nc23)s1. The van der Waals surface area contributed by atoms with Crippen LogP contribution in [-0.4, -0.2) is 41.0 Å². The highest BCUT2D eigenvalue weighted by atomic mass is 32.1. The highest BCUT2D eigenvalue weighted by Crippen LogP contribution is 2.34. The fraction of sp³-hybridized carbons (Fsp3) is 0.0345. The van der Waals surface area contributed by atoms with Crippen molar-refractivity contribution in [3.8, 4) is 33.1 Å². The van der Waals surface area contributed by atoms with Crippen molar-refractivity contribution in [2.24, 2.45) is 0 Å². The summed E-state index contributed by atoms with van der Waals surface area (Å²) in [5, 5.41) is 11.3. The quantitative estimate of drug-likeness (QED) is 0.243. The number of hydrogen-bond acceptors (Lipinski definition) is 7. The summed E-state index contributed by atoms with van der Waals surface area (Å²) in [6.45, 7) is 2.08. The van der Waals surface area contributed by atoms with Crippen LogP contribution >= 0.6 is 11.3 Å². The van der Waals surface area contributed by atoms with E-state index >= 15 is 0 Å². The fourth-order valence-corrected chi connectivity index (χ4v) is 5.38. The lowest BCUT2D eigenvalue weighted by Gasteiger charge is -2.07. The number of rotatable bonds is 5. The maximum absolute atomic E-state index is 12.6. The number of benzene rings is 1. The number of amides is 1. The van der Waals surface area contributed by atoms with Crippen molar-refractivity contribution in [2.75, 3.05) is 5.32 Å². The lowest BCUT2D eigenvalue weighted by Crippen LogP contribution is -2.11. The van der Waals surface area contributed by atoms with E-state index in [1.54, 1.807) is 48.3 Å². The van der Waals surface area contributed by atoms with Gasteiger partial charge in [0.05, 0.1) is 29.0 Å². The average Bonchev–Trinajstić information content (AvgIpc) is 3.71. The Labute approximate surface area is 226 Å². The van der Waals surface area contributed by atoms with Crippen molar-refractivity contribution >= 4 is 45.0 Å². The van der Waals surface area contributed by atoms with E-state index in [9.17, 15) is 4.79 Å². The van der Waals surface area contributed by atoms with Crippen LogP contribution in [-0.2, 0) is 0 Å². The first-order valence-corrected chi connectivity index (χ1v) is 13.0. The Bertz CT molecular complexity index is 1990. The molecule has 188 valence electrons. The highest BCUT2D eigenvalue weighted by Gasteiger charge is 2.17.